The first-order chi connectivity index (χ1) is 49.3. The van der Waals surface area contributed by atoms with E-state index in [9.17, 15) is 0 Å². The van der Waals surface area contributed by atoms with Crippen LogP contribution >= 0.6 is 0 Å². The van der Waals surface area contributed by atoms with Crippen LogP contribution in [0.15, 0.2) is 329 Å². The van der Waals surface area contributed by atoms with Crippen molar-refractivity contribution in [3.8, 4) is 56.4 Å². The van der Waals surface area contributed by atoms with Gasteiger partial charge >= 0.3 is 0 Å². The lowest BCUT2D eigenvalue weighted by atomic mass is 9.67. The van der Waals surface area contributed by atoms with Gasteiger partial charge in [0, 0.05) is 46.3 Å². The first-order valence-electron chi connectivity index (χ1n) is 33.7. The molecule has 101 heavy (non-hydrogen) atoms. The number of ether oxygens (including phenoxy) is 2. The van der Waals surface area contributed by atoms with E-state index in [0.717, 1.165) is 112 Å². The summed E-state index contributed by atoms with van der Waals surface area (Å²) in [5, 5.41) is 2.38. The van der Waals surface area contributed by atoms with Crippen molar-refractivity contribution in [1.82, 2.24) is 0 Å². The minimum absolute atomic E-state index is 0.421. The molecule has 0 fully saturated rings. The summed E-state index contributed by atoms with van der Waals surface area (Å²) in [4.78, 5) is 4.04. The van der Waals surface area contributed by atoms with Crippen molar-refractivity contribution < 1.29 is 27.0 Å². The molecule has 0 N–H and O–H groups in total. The molecule has 3 aliphatic rings. The van der Waals surface area contributed by atoms with Gasteiger partial charge in [0.1, 0.15) is 31.1 Å². The Labute approximate surface area is 585 Å². The molecule has 14 aromatic rings. The van der Waals surface area contributed by atoms with E-state index in [1.165, 1.54) is 34.6 Å². The van der Waals surface area contributed by atoms with Crippen LogP contribution in [0.2, 0.25) is 13.1 Å². The Morgan fingerprint density at radius 1 is 0.287 bits per heavy atom. The maximum absolute atomic E-state index is 16.1. The number of fused-ring (bicyclic) bond motifs is 9. The van der Waals surface area contributed by atoms with E-state index in [0.29, 0.717) is 34.4 Å². The van der Waals surface area contributed by atoms with Crippen LogP contribution in [-0.4, -0.2) is 8.07 Å². The van der Waals surface area contributed by atoms with E-state index in [2.05, 4.69) is 220 Å². The van der Waals surface area contributed by atoms with Crippen LogP contribution in [0.4, 0.5) is 51.7 Å². The van der Waals surface area contributed by atoms with Crippen LogP contribution in [0, 0.1) is 23.3 Å². The number of nitrogens with zero attached hydrogens (tertiary/aromatic N) is 2. The predicted molar refractivity (Wildman–Crippen MR) is 406 cm³/mol. The second-order valence-electron chi connectivity index (χ2n) is 26.5. The Morgan fingerprint density at radius 3 is 0.970 bits per heavy atom. The molecule has 0 amide bonds. The van der Waals surface area contributed by atoms with E-state index in [1.807, 2.05) is 94.7 Å². The molecule has 0 spiro atoms. The third-order valence-corrected chi connectivity index (χ3v) is 24.3. The monoisotopic (exact) mass is 1330 g/mol. The first-order valence-corrected chi connectivity index (χ1v) is 36.7. The Hall–Kier alpha value is -12.3. The fourth-order valence-electron chi connectivity index (χ4n) is 16.1. The zero-order chi connectivity index (χ0) is 68.7. The van der Waals surface area contributed by atoms with Gasteiger partial charge in [-0.05, 0) is 221 Å². The van der Waals surface area contributed by atoms with Gasteiger partial charge in [-0.1, -0.05) is 220 Å². The summed E-state index contributed by atoms with van der Waals surface area (Å²) in [5.74, 6) is -1.11. The normalized spacial score (nSPS) is 15.5. The van der Waals surface area contributed by atoms with Crippen molar-refractivity contribution in [3.63, 3.8) is 0 Å². The summed E-state index contributed by atoms with van der Waals surface area (Å²) < 4.78 is 75.7. The molecular weight excluding hydrogens is 1270 g/mol. The van der Waals surface area contributed by atoms with Crippen molar-refractivity contribution >= 4 is 64.7 Å². The molecule has 0 saturated heterocycles. The summed E-state index contributed by atoms with van der Waals surface area (Å²) in [6, 6.07) is 104. The Morgan fingerprint density at radius 2 is 0.594 bits per heavy atom. The van der Waals surface area contributed by atoms with Crippen LogP contribution in [0.1, 0.15) is 55.6 Å². The number of halogens is 4. The van der Waals surface area contributed by atoms with E-state index >= 15 is 17.6 Å². The van der Waals surface area contributed by atoms with Crippen LogP contribution in [-0.2, 0) is 10.8 Å². The molecule has 0 bridgehead atoms. The van der Waals surface area contributed by atoms with Crippen LogP contribution < -0.4 is 29.6 Å². The highest BCUT2D eigenvalue weighted by Gasteiger charge is 2.49. The molecule has 2 unspecified atom stereocenters. The quantitative estimate of drug-likeness (QED) is 0.0711. The Balaban J connectivity index is 0.812. The van der Waals surface area contributed by atoms with Gasteiger partial charge in [0.2, 0.25) is 0 Å². The third-order valence-electron chi connectivity index (χ3n) is 20.7. The molecule has 14 aromatic carbocycles. The molecule has 2 aliphatic carbocycles. The van der Waals surface area contributed by atoms with Gasteiger partial charge in [-0.15, -0.1) is 0 Å². The third kappa shape index (κ3) is 10.2. The highest BCUT2D eigenvalue weighted by molar-refractivity contribution is 7.03. The fourth-order valence-corrected chi connectivity index (χ4v) is 19.1. The minimum Gasteiger partial charge on any atom is -0.457 e. The molecule has 0 saturated carbocycles. The lowest BCUT2D eigenvalue weighted by molar-refractivity contribution is 0.482. The van der Waals surface area contributed by atoms with Gasteiger partial charge < -0.3 is 19.3 Å². The summed E-state index contributed by atoms with van der Waals surface area (Å²) in [5.41, 5.74) is 18.6. The van der Waals surface area contributed by atoms with E-state index in [-0.39, 0.29) is 0 Å². The Bertz CT molecular complexity index is 5260. The number of anilines is 6. The lowest BCUT2D eigenvalue weighted by Gasteiger charge is -2.35. The zero-order valence-electron chi connectivity index (χ0n) is 55.3. The zero-order valence-corrected chi connectivity index (χ0v) is 56.3. The van der Waals surface area contributed by atoms with Crippen LogP contribution in [0.3, 0.4) is 0 Å². The van der Waals surface area contributed by atoms with Crippen molar-refractivity contribution in [2.75, 3.05) is 9.80 Å². The number of hydrogen-bond acceptors (Lipinski definition) is 4. The van der Waals surface area contributed by atoms with E-state index in [1.54, 1.807) is 24.3 Å². The van der Waals surface area contributed by atoms with E-state index < -0.39 is 42.2 Å². The molecule has 1 heterocycles. The standard InChI is InChI=1S/C92H64F4N2O2Si/c1-5-59-25-39-71(40-26-59)99-73-43-29-63(30-44-73)91(61-17-9-7-10-18-61)81-23-15-13-21-75(81)77-47-33-67(55-83(77)91)97(69-35-49-85(93)87(95)57-69)65-37-51-89-79(53-65)80-54-66(38-52-90(80)101(89,3)4)98(70-36-50-86(94)88(96)58-70)68-34-48-78-76-22-14-16-24-82(76)92(84(78)56-68,62-19-11-8-12-20-62)64-31-45-74(46-32-64)100-72-41-27-60(6-2)28-42-72/h5-58H,1-2H2,3-4H3. The first kappa shape index (κ1) is 62.2. The van der Waals surface area contributed by atoms with Crippen molar-refractivity contribution in [1.29, 1.82) is 0 Å². The highest BCUT2D eigenvalue weighted by Crippen LogP contribution is 2.60. The average molecular weight is 1330 g/mol. The highest BCUT2D eigenvalue weighted by atomic mass is 28.3. The average Bonchev–Trinajstić information content (AvgIpc) is 1.55. The molecule has 2 atom stereocenters. The van der Waals surface area contributed by atoms with Gasteiger partial charge in [0.15, 0.2) is 23.3 Å². The van der Waals surface area contributed by atoms with Gasteiger partial charge in [0.05, 0.1) is 10.8 Å². The summed E-state index contributed by atoms with van der Waals surface area (Å²) >= 11 is 0. The number of hydrogen-bond donors (Lipinski definition) is 0. The second kappa shape index (κ2) is 24.6. The fraction of sp³-hybridized carbons (Fsp3) is 0.0435. The molecule has 4 nitrogen and oxygen atoms in total. The lowest BCUT2D eigenvalue weighted by Crippen LogP contribution is -2.49. The van der Waals surface area contributed by atoms with Crippen LogP contribution in [0.25, 0.3) is 45.5 Å². The molecule has 0 aromatic heterocycles. The van der Waals surface area contributed by atoms with Gasteiger partial charge in [-0.2, -0.15) is 0 Å². The van der Waals surface area contributed by atoms with E-state index in [4.69, 9.17) is 9.47 Å². The summed E-state index contributed by atoms with van der Waals surface area (Å²) in [7, 11) is -2.48. The van der Waals surface area contributed by atoms with Crippen molar-refractivity contribution in [2.24, 2.45) is 0 Å². The van der Waals surface area contributed by atoms with Gasteiger partial charge in [-0.25, -0.2) is 17.6 Å². The second-order valence-corrected chi connectivity index (χ2v) is 30.9. The van der Waals surface area contributed by atoms with Gasteiger partial charge in [0.25, 0.3) is 0 Å². The molecule has 1 aliphatic heterocycles. The summed E-state index contributed by atoms with van der Waals surface area (Å²) in [6.45, 7) is 12.5. The molecule has 17 rings (SSSR count). The van der Waals surface area contributed by atoms with Crippen LogP contribution in [0.5, 0.6) is 23.0 Å². The molecule has 486 valence electrons. The smallest absolute Gasteiger partial charge is 0.160 e. The Kier molecular flexibility index (Phi) is 15.2. The maximum Gasteiger partial charge on any atom is 0.160 e. The largest absolute Gasteiger partial charge is 0.457 e. The molecule has 0 radical (unpaired) electrons. The SMILES string of the molecule is C=Cc1ccc(Oc2ccc(C3(c4ccccc4)c4ccccc4-c4ccc(N(c5ccc(F)c(F)c5)c5ccc6c(c5)-c5cc(N(c7ccc(F)c(F)c7)c7ccc8c(c7)C(c7ccccc7)(c7ccc(Oc9ccc(C=C)cc9)cc7)c7ccccc7-8)ccc5[Si]6(C)C)cc43)cc2)cc1. The van der Waals surface area contributed by atoms with Crippen molar-refractivity contribution in [2.45, 2.75) is 23.9 Å². The molecular formula is C92H64F4N2O2Si. The van der Waals surface area contributed by atoms with Crippen molar-refractivity contribution in [3.05, 3.63) is 408 Å². The minimum atomic E-state index is -2.48. The summed E-state index contributed by atoms with van der Waals surface area (Å²) in [6.07, 6.45) is 3.60. The topological polar surface area (TPSA) is 24.9 Å². The maximum atomic E-state index is 16.1. The number of rotatable bonds is 16. The number of benzene rings is 14. The predicted octanol–water partition coefficient (Wildman–Crippen LogP) is 23.6. The van der Waals surface area contributed by atoms with Gasteiger partial charge in [-0.3, -0.25) is 0 Å². The molecule has 9 heteroatoms.